The van der Waals surface area contributed by atoms with Crippen LogP contribution in [0.3, 0.4) is 0 Å². The highest BCUT2D eigenvalue weighted by molar-refractivity contribution is 5.06. The van der Waals surface area contributed by atoms with E-state index in [0.29, 0.717) is 18.1 Å². The highest BCUT2D eigenvalue weighted by atomic mass is 15.3. The van der Waals surface area contributed by atoms with E-state index in [0.717, 1.165) is 12.8 Å². The standard InChI is InChI=1S/C17H32N4/c1-14-11-21(12-15(2)20(14)4)10-6-5-9-17(3,13-18)19-16-7-8-16/h14-16,19H,5-12H2,1-4H3. The smallest absolute Gasteiger partial charge is 0.104 e. The van der Waals surface area contributed by atoms with Crippen LogP contribution in [-0.4, -0.2) is 60.1 Å². The second-order valence-electron chi connectivity index (χ2n) is 7.44. The highest BCUT2D eigenvalue weighted by Gasteiger charge is 2.32. The lowest BCUT2D eigenvalue weighted by molar-refractivity contribution is 0.0589. The molecule has 0 aromatic rings. The Morgan fingerprint density at radius 2 is 1.81 bits per heavy atom. The fourth-order valence-electron chi connectivity index (χ4n) is 3.35. The Hall–Kier alpha value is -0.630. The van der Waals surface area contributed by atoms with Crippen molar-refractivity contribution in [2.45, 2.75) is 76.5 Å². The molecule has 0 radical (unpaired) electrons. The van der Waals surface area contributed by atoms with Crippen molar-refractivity contribution in [3.05, 3.63) is 0 Å². The van der Waals surface area contributed by atoms with Crippen molar-refractivity contribution in [2.24, 2.45) is 0 Å². The largest absolute Gasteiger partial charge is 0.300 e. The van der Waals surface area contributed by atoms with Crippen LogP contribution >= 0.6 is 0 Å². The summed E-state index contributed by atoms with van der Waals surface area (Å²) in [6.45, 7) is 10.2. The van der Waals surface area contributed by atoms with Gasteiger partial charge in [0.1, 0.15) is 5.54 Å². The Morgan fingerprint density at radius 3 is 2.33 bits per heavy atom. The predicted octanol–water partition coefficient (Wildman–Crippen LogP) is 2.22. The molecule has 2 rings (SSSR count). The van der Waals surface area contributed by atoms with Gasteiger partial charge < -0.3 is 4.90 Å². The van der Waals surface area contributed by atoms with Gasteiger partial charge in [-0.3, -0.25) is 10.2 Å². The van der Waals surface area contributed by atoms with E-state index in [1.165, 1.54) is 38.9 Å². The fraction of sp³-hybridized carbons (Fsp3) is 0.941. The summed E-state index contributed by atoms with van der Waals surface area (Å²) in [5.41, 5.74) is -0.316. The molecule has 0 amide bonds. The summed E-state index contributed by atoms with van der Waals surface area (Å²) in [6, 6.07) is 4.38. The van der Waals surface area contributed by atoms with E-state index in [9.17, 15) is 5.26 Å². The number of nitrogens with one attached hydrogen (secondary N) is 1. The molecule has 0 aromatic carbocycles. The second kappa shape index (κ2) is 7.09. The molecule has 4 nitrogen and oxygen atoms in total. The summed E-state index contributed by atoms with van der Waals surface area (Å²) in [5.74, 6) is 0. The van der Waals surface area contributed by atoms with Gasteiger partial charge >= 0.3 is 0 Å². The topological polar surface area (TPSA) is 42.3 Å². The molecule has 1 heterocycles. The Bertz CT molecular complexity index is 361. The average molecular weight is 292 g/mol. The van der Waals surface area contributed by atoms with Crippen molar-refractivity contribution in [1.29, 1.82) is 5.26 Å². The first kappa shape index (κ1) is 16.7. The lowest BCUT2D eigenvalue weighted by Gasteiger charge is -2.42. The number of unbranched alkanes of at least 4 members (excludes halogenated alkanes) is 1. The molecule has 0 bridgehead atoms. The van der Waals surface area contributed by atoms with Gasteiger partial charge in [0.2, 0.25) is 0 Å². The molecule has 1 N–H and O–H groups in total. The fourth-order valence-corrected chi connectivity index (χ4v) is 3.35. The molecular weight excluding hydrogens is 260 g/mol. The number of hydrogen-bond donors (Lipinski definition) is 1. The number of nitriles is 1. The number of likely N-dealkylation sites (N-methyl/N-ethyl adjacent to an activating group) is 1. The zero-order valence-corrected chi connectivity index (χ0v) is 14.2. The maximum Gasteiger partial charge on any atom is 0.104 e. The lowest BCUT2D eigenvalue weighted by atomic mass is 9.96. The number of rotatable bonds is 7. The summed E-state index contributed by atoms with van der Waals surface area (Å²) in [7, 11) is 2.23. The van der Waals surface area contributed by atoms with E-state index in [1.807, 2.05) is 0 Å². The van der Waals surface area contributed by atoms with Crippen molar-refractivity contribution < 1.29 is 0 Å². The first-order valence-corrected chi connectivity index (χ1v) is 8.57. The third-order valence-corrected chi connectivity index (χ3v) is 5.18. The molecule has 0 spiro atoms. The maximum atomic E-state index is 9.38. The van der Waals surface area contributed by atoms with Crippen LogP contribution in [-0.2, 0) is 0 Å². The quantitative estimate of drug-likeness (QED) is 0.731. The minimum Gasteiger partial charge on any atom is -0.300 e. The van der Waals surface area contributed by atoms with Crippen molar-refractivity contribution in [3.8, 4) is 6.07 Å². The molecule has 0 aromatic heterocycles. The van der Waals surface area contributed by atoms with Crippen LogP contribution in [0.5, 0.6) is 0 Å². The minimum atomic E-state index is -0.316. The van der Waals surface area contributed by atoms with E-state index in [2.05, 4.69) is 49.0 Å². The molecule has 1 saturated heterocycles. The van der Waals surface area contributed by atoms with Crippen LogP contribution in [0.2, 0.25) is 0 Å². The van der Waals surface area contributed by atoms with Crippen LogP contribution in [0.25, 0.3) is 0 Å². The van der Waals surface area contributed by atoms with Crippen LogP contribution in [0.4, 0.5) is 0 Å². The third-order valence-electron chi connectivity index (χ3n) is 5.18. The SMILES string of the molecule is CC1CN(CCCCC(C)(C#N)NC2CC2)CC(C)N1C. The van der Waals surface area contributed by atoms with E-state index in [-0.39, 0.29) is 5.54 Å². The van der Waals surface area contributed by atoms with Gasteiger partial charge in [0.05, 0.1) is 6.07 Å². The summed E-state index contributed by atoms with van der Waals surface area (Å²) in [5, 5.41) is 12.9. The first-order valence-electron chi connectivity index (χ1n) is 8.57. The summed E-state index contributed by atoms with van der Waals surface area (Å²) < 4.78 is 0. The van der Waals surface area contributed by atoms with Gasteiger partial charge in [-0.1, -0.05) is 0 Å². The zero-order chi connectivity index (χ0) is 15.5. The number of piperazine rings is 1. The van der Waals surface area contributed by atoms with E-state index < -0.39 is 0 Å². The lowest BCUT2D eigenvalue weighted by Crippen LogP contribution is -2.54. The van der Waals surface area contributed by atoms with Gasteiger partial charge in [-0.15, -0.1) is 0 Å². The van der Waals surface area contributed by atoms with Crippen molar-refractivity contribution in [1.82, 2.24) is 15.1 Å². The van der Waals surface area contributed by atoms with Gasteiger partial charge in [0, 0.05) is 31.2 Å². The molecule has 1 aliphatic heterocycles. The predicted molar refractivity (Wildman–Crippen MR) is 87.2 cm³/mol. The van der Waals surface area contributed by atoms with Crippen LogP contribution in [0.15, 0.2) is 0 Å². The van der Waals surface area contributed by atoms with Crippen molar-refractivity contribution in [2.75, 3.05) is 26.7 Å². The number of hydrogen-bond acceptors (Lipinski definition) is 4. The first-order chi connectivity index (χ1) is 9.93. The molecular formula is C17H32N4. The van der Waals surface area contributed by atoms with Gasteiger partial charge in [-0.05, 0) is 66.5 Å². The maximum absolute atomic E-state index is 9.38. The van der Waals surface area contributed by atoms with Gasteiger partial charge in [-0.25, -0.2) is 0 Å². The Morgan fingerprint density at radius 1 is 1.19 bits per heavy atom. The molecule has 4 heteroatoms. The number of nitrogens with zero attached hydrogens (tertiary/aromatic N) is 3. The molecule has 120 valence electrons. The Kier molecular flexibility index (Phi) is 5.65. The van der Waals surface area contributed by atoms with E-state index >= 15 is 0 Å². The van der Waals surface area contributed by atoms with Gasteiger partial charge in [-0.2, -0.15) is 5.26 Å². The monoisotopic (exact) mass is 292 g/mol. The molecule has 3 atom stereocenters. The van der Waals surface area contributed by atoms with E-state index in [4.69, 9.17) is 0 Å². The summed E-state index contributed by atoms with van der Waals surface area (Å²) in [6.07, 6.45) is 5.80. The molecule has 21 heavy (non-hydrogen) atoms. The van der Waals surface area contributed by atoms with Gasteiger partial charge in [0.15, 0.2) is 0 Å². The Balaban J connectivity index is 1.66. The highest BCUT2D eigenvalue weighted by Crippen LogP contribution is 2.25. The van der Waals surface area contributed by atoms with Crippen LogP contribution in [0.1, 0.15) is 52.9 Å². The van der Waals surface area contributed by atoms with Crippen LogP contribution in [0, 0.1) is 11.3 Å². The van der Waals surface area contributed by atoms with Crippen LogP contribution < -0.4 is 5.32 Å². The third kappa shape index (κ3) is 4.95. The molecule has 1 aliphatic carbocycles. The molecule has 3 unspecified atom stereocenters. The zero-order valence-electron chi connectivity index (χ0n) is 14.2. The second-order valence-corrected chi connectivity index (χ2v) is 7.44. The molecule has 2 fully saturated rings. The molecule has 1 saturated carbocycles. The average Bonchev–Trinajstić information content (AvgIpc) is 3.24. The molecule has 2 aliphatic rings. The Labute approximate surface area is 130 Å². The van der Waals surface area contributed by atoms with Crippen molar-refractivity contribution in [3.63, 3.8) is 0 Å². The minimum absolute atomic E-state index is 0.316. The van der Waals surface area contributed by atoms with E-state index in [1.54, 1.807) is 0 Å². The van der Waals surface area contributed by atoms with Gasteiger partial charge in [0.25, 0.3) is 0 Å². The van der Waals surface area contributed by atoms with Crippen molar-refractivity contribution >= 4 is 0 Å². The summed E-state index contributed by atoms with van der Waals surface area (Å²) >= 11 is 0. The normalized spacial score (nSPS) is 30.8. The summed E-state index contributed by atoms with van der Waals surface area (Å²) in [4.78, 5) is 5.07.